The van der Waals surface area contributed by atoms with Crippen LogP contribution >= 0.6 is 11.3 Å². The van der Waals surface area contributed by atoms with E-state index in [-0.39, 0.29) is 5.78 Å². The third kappa shape index (κ3) is 4.13. The van der Waals surface area contributed by atoms with Gasteiger partial charge in [0.1, 0.15) is 15.5 Å². The Hall–Kier alpha value is -4.48. The van der Waals surface area contributed by atoms with Crippen LogP contribution in [0.2, 0.25) is 0 Å². The molecule has 0 aliphatic heterocycles. The average molecular weight is 501 g/mol. The molecule has 0 saturated heterocycles. The van der Waals surface area contributed by atoms with Gasteiger partial charge in [-0.1, -0.05) is 66.2 Å². The Bertz CT molecular complexity index is 1790. The molecule has 6 rings (SSSR count). The number of hydrogen-bond acceptors (Lipinski definition) is 5. The Morgan fingerprint density at radius 2 is 1.54 bits per heavy atom. The number of carbonyl (C=O) groups excluding carboxylic acids is 1. The maximum Gasteiger partial charge on any atom is 0.205 e. The number of ether oxygens (including phenoxy) is 1. The van der Waals surface area contributed by atoms with Gasteiger partial charge >= 0.3 is 0 Å². The Balaban J connectivity index is 1.54. The van der Waals surface area contributed by atoms with Crippen LogP contribution in [0, 0.1) is 6.92 Å². The van der Waals surface area contributed by atoms with Crippen molar-refractivity contribution in [2.45, 2.75) is 6.92 Å². The number of pyridine rings is 1. The van der Waals surface area contributed by atoms with E-state index in [4.69, 9.17) is 15.5 Å². The fourth-order valence-electron chi connectivity index (χ4n) is 4.62. The fourth-order valence-corrected chi connectivity index (χ4v) is 5.70. The summed E-state index contributed by atoms with van der Waals surface area (Å²) in [6.07, 6.45) is 0. The first-order valence-electron chi connectivity index (χ1n) is 12.0. The number of methoxy groups -OCH3 is 1. The summed E-state index contributed by atoms with van der Waals surface area (Å²) < 4.78 is 5.32. The van der Waals surface area contributed by atoms with Gasteiger partial charge in [-0.15, -0.1) is 11.3 Å². The standard InChI is InChI=1S/C32H24N2O2S/c1-19-7-9-21(10-8-19)26-18-27(22-13-15-25(36-2)16-14-22)34-32-28(26)29(33)31(37-32)30(35)24-12-11-20-5-3-4-6-23(20)17-24/h3-18H,33H2,1-2H3. The third-order valence-electron chi connectivity index (χ3n) is 6.67. The maximum absolute atomic E-state index is 13.7. The van der Waals surface area contributed by atoms with Crippen molar-refractivity contribution in [3.05, 3.63) is 113 Å². The number of rotatable bonds is 5. The number of anilines is 1. The second kappa shape index (κ2) is 9.19. The van der Waals surface area contributed by atoms with Crippen molar-refractivity contribution in [2.75, 3.05) is 12.8 Å². The van der Waals surface area contributed by atoms with Crippen molar-refractivity contribution >= 4 is 43.8 Å². The van der Waals surface area contributed by atoms with Crippen LogP contribution in [0.3, 0.4) is 0 Å². The van der Waals surface area contributed by atoms with Gasteiger partial charge in [0.25, 0.3) is 0 Å². The molecule has 5 heteroatoms. The molecule has 0 fully saturated rings. The van der Waals surface area contributed by atoms with Crippen LogP contribution in [0.4, 0.5) is 5.69 Å². The lowest BCUT2D eigenvalue weighted by molar-refractivity contribution is 0.104. The SMILES string of the molecule is COc1ccc(-c2cc(-c3ccc(C)cc3)c3c(N)c(C(=O)c4ccc5ccccc5c4)sc3n2)cc1. The number of benzene rings is 4. The first-order chi connectivity index (χ1) is 18.0. The van der Waals surface area contributed by atoms with Crippen molar-refractivity contribution in [1.29, 1.82) is 0 Å². The smallest absolute Gasteiger partial charge is 0.205 e. The lowest BCUT2D eigenvalue weighted by Gasteiger charge is -2.10. The van der Waals surface area contributed by atoms with Gasteiger partial charge in [0.2, 0.25) is 5.78 Å². The lowest BCUT2D eigenvalue weighted by atomic mass is 9.98. The largest absolute Gasteiger partial charge is 0.497 e. The molecule has 0 atom stereocenters. The first-order valence-corrected chi connectivity index (χ1v) is 12.8. The number of nitrogens with zero attached hydrogens (tertiary/aromatic N) is 1. The van der Waals surface area contributed by atoms with E-state index in [1.54, 1.807) is 7.11 Å². The predicted molar refractivity (Wildman–Crippen MR) is 154 cm³/mol. The molecular formula is C32H24N2O2S. The Morgan fingerprint density at radius 3 is 2.27 bits per heavy atom. The molecule has 37 heavy (non-hydrogen) atoms. The normalized spacial score (nSPS) is 11.2. The number of nitrogens with two attached hydrogens (primary N) is 1. The summed E-state index contributed by atoms with van der Waals surface area (Å²) in [5.74, 6) is 0.694. The number of aryl methyl sites for hydroxylation is 1. The minimum Gasteiger partial charge on any atom is -0.497 e. The van der Waals surface area contributed by atoms with E-state index in [0.717, 1.165) is 49.1 Å². The number of nitrogen functional groups attached to an aromatic ring is 1. The molecule has 0 aliphatic carbocycles. The van der Waals surface area contributed by atoms with E-state index in [2.05, 4.69) is 37.3 Å². The number of aromatic nitrogens is 1. The molecule has 0 bridgehead atoms. The van der Waals surface area contributed by atoms with Gasteiger partial charge in [0, 0.05) is 16.5 Å². The average Bonchev–Trinajstić information content (AvgIpc) is 3.28. The van der Waals surface area contributed by atoms with E-state index in [0.29, 0.717) is 16.1 Å². The zero-order chi connectivity index (χ0) is 25.5. The predicted octanol–water partition coefficient (Wildman–Crippen LogP) is 7.91. The summed E-state index contributed by atoms with van der Waals surface area (Å²) in [4.78, 5) is 19.9. The number of hydrogen-bond donors (Lipinski definition) is 1. The number of ketones is 1. The van der Waals surface area contributed by atoms with E-state index in [1.165, 1.54) is 16.9 Å². The van der Waals surface area contributed by atoms with E-state index >= 15 is 0 Å². The van der Waals surface area contributed by atoms with Gasteiger partial charge < -0.3 is 10.5 Å². The van der Waals surface area contributed by atoms with Gasteiger partial charge in [-0.25, -0.2) is 4.98 Å². The zero-order valence-corrected chi connectivity index (χ0v) is 21.3. The number of fused-ring (bicyclic) bond motifs is 2. The number of carbonyl (C=O) groups is 1. The first kappa shape index (κ1) is 23.0. The summed E-state index contributed by atoms with van der Waals surface area (Å²) in [5.41, 5.74) is 12.8. The van der Waals surface area contributed by atoms with Crippen molar-refractivity contribution in [2.24, 2.45) is 0 Å². The van der Waals surface area contributed by atoms with Crippen LogP contribution in [0.25, 0.3) is 43.4 Å². The van der Waals surface area contributed by atoms with Gasteiger partial charge in [0.15, 0.2) is 0 Å². The Morgan fingerprint density at radius 1 is 0.838 bits per heavy atom. The van der Waals surface area contributed by atoms with Crippen molar-refractivity contribution < 1.29 is 9.53 Å². The Kier molecular flexibility index (Phi) is 5.70. The van der Waals surface area contributed by atoms with Crippen LogP contribution in [-0.2, 0) is 0 Å². The van der Waals surface area contributed by atoms with E-state index in [1.807, 2.05) is 66.7 Å². The highest BCUT2D eigenvalue weighted by molar-refractivity contribution is 7.21. The van der Waals surface area contributed by atoms with Crippen molar-refractivity contribution in [1.82, 2.24) is 4.98 Å². The molecule has 180 valence electrons. The quantitative estimate of drug-likeness (QED) is 0.244. The fraction of sp³-hybridized carbons (Fsp3) is 0.0625. The molecular weight excluding hydrogens is 476 g/mol. The topological polar surface area (TPSA) is 65.2 Å². The molecule has 0 saturated carbocycles. The monoisotopic (exact) mass is 500 g/mol. The highest BCUT2D eigenvalue weighted by Gasteiger charge is 2.23. The summed E-state index contributed by atoms with van der Waals surface area (Å²) in [5, 5.41) is 2.93. The molecule has 4 nitrogen and oxygen atoms in total. The summed E-state index contributed by atoms with van der Waals surface area (Å²) in [7, 11) is 1.65. The molecule has 0 unspecified atom stereocenters. The lowest BCUT2D eigenvalue weighted by Crippen LogP contribution is -2.02. The minimum absolute atomic E-state index is 0.0906. The molecule has 0 amide bonds. The molecule has 0 aliphatic rings. The van der Waals surface area contributed by atoms with Gasteiger partial charge in [0.05, 0.1) is 18.5 Å². The second-order valence-electron chi connectivity index (χ2n) is 9.07. The highest BCUT2D eigenvalue weighted by Crippen LogP contribution is 2.42. The van der Waals surface area contributed by atoms with E-state index < -0.39 is 0 Å². The van der Waals surface area contributed by atoms with Gasteiger partial charge in [-0.3, -0.25) is 4.79 Å². The highest BCUT2D eigenvalue weighted by atomic mass is 32.1. The van der Waals surface area contributed by atoms with Crippen LogP contribution < -0.4 is 10.5 Å². The zero-order valence-electron chi connectivity index (χ0n) is 20.5. The molecule has 2 heterocycles. The van der Waals surface area contributed by atoms with Crippen LogP contribution in [-0.4, -0.2) is 17.9 Å². The molecule has 6 aromatic rings. The number of thiophene rings is 1. The van der Waals surface area contributed by atoms with E-state index in [9.17, 15) is 4.79 Å². The van der Waals surface area contributed by atoms with Crippen molar-refractivity contribution in [3.63, 3.8) is 0 Å². The molecule has 0 spiro atoms. The van der Waals surface area contributed by atoms with Gasteiger partial charge in [-0.05, 0) is 65.2 Å². The van der Waals surface area contributed by atoms with Crippen molar-refractivity contribution in [3.8, 4) is 28.1 Å². The van der Waals surface area contributed by atoms with Crippen LogP contribution in [0.15, 0.2) is 97.1 Å². The minimum atomic E-state index is -0.0906. The molecule has 0 radical (unpaired) electrons. The maximum atomic E-state index is 13.7. The van der Waals surface area contributed by atoms with Gasteiger partial charge in [-0.2, -0.15) is 0 Å². The second-order valence-corrected chi connectivity index (χ2v) is 10.1. The summed E-state index contributed by atoms with van der Waals surface area (Å²) in [6.45, 7) is 2.06. The third-order valence-corrected chi connectivity index (χ3v) is 7.76. The Labute approximate surface area is 219 Å². The van der Waals surface area contributed by atoms with Crippen LogP contribution in [0.5, 0.6) is 5.75 Å². The van der Waals surface area contributed by atoms with Crippen LogP contribution in [0.1, 0.15) is 20.8 Å². The molecule has 2 aromatic heterocycles. The molecule has 4 aromatic carbocycles. The summed E-state index contributed by atoms with van der Waals surface area (Å²) in [6, 6.07) is 32.0. The summed E-state index contributed by atoms with van der Waals surface area (Å²) >= 11 is 1.35. The molecule has 2 N–H and O–H groups in total.